The Morgan fingerprint density at radius 1 is 1.47 bits per heavy atom. The third-order valence-corrected chi connectivity index (χ3v) is 4.32. The summed E-state index contributed by atoms with van der Waals surface area (Å²) in [6.45, 7) is 1.39. The Kier molecular flexibility index (Phi) is 3.09. The third-order valence-electron chi connectivity index (χ3n) is 4.32. The van der Waals surface area contributed by atoms with Crippen LogP contribution >= 0.6 is 0 Å². The molecule has 3 rings (SSSR count). The maximum absolute atomic E-state index is 10.1. The highest BCUT2D eigenvalue weighted by Crippen LogP contribution is 2.49. The Bertz CT molecular complexity index is 508. The molecular weight excluding hydrogens is 244 g/mol. The quantitative estimate of drug-likeness (QED) is 0.813. The number of anilines is 1. The Balaban J connectivity index is 1.74. The van der Waals surface area contributed by atoms with E-state index in [2.05, 4.69) is 15.3 Å². The summed E-state index contributed by atoms with van der Waals surface area (Å²) in [4.78, 5) is 7.97. The number of aromatic nitrogens is 2. The van der Waals surface area contributed by atoms with Gasteiger partial charge in [0.1, 0.15) is 11.9 Å². The van der Waals surface area contributed by atoms with Crippen LogP contribution in [0.3, 0.4) is 0 Å². The first-order valence-electron chi connectivity index (χ1n) is 6.50. The molecule has 0 amide bonds. The second-order valence-corrected chi connectivity index (χ2v) is 5.17. The number of nitriles is 1. The van der Waals surface area contributed by atoms with Crippen LogP contribution in [0, 0.1) is 16.7 Å². The Morgan fingerprint density at radius 3 is 2.95 bits per heavy atom. The largest absolute Gasteiger partial charge is 0.392 e. The zero-order chi connectivity index (χ0) is 13.3. The molecule has 6 heteroatoms. The van der Waals surface area contributed by atoms with Gasteiger partial charge in [0.15, 0.2) is 0 Å². The van der Waals surface area contributed by atoms with Gasteiger partial charge in [0.05, 0.1) is 6.10 Å². The van der Waals surface area contributed by atoms with Gasteiger partial charge in [-0.25, -0.2) is 9.97 Å². The Hall–Kier alpha value is -1.71. The normalized spacial score (nSPS) is 28.4. The van der Waals surface area contributed by atoms with Crippen molar-refractivity contribution in [3.63, 3.8) is 0 Å². The number of nitrogens with one attached hydrogen (secondary N) is 1. The van der Waals surface area contributed by atoms with Gasteiger partial charge in [0.2, 0.25) is 5.82 Å². The molecular formula is C13H16N4O2. The van der Waals surface area contributed by atoms with Crippen molar-refractivity contribution in [2.75, 3.05) is 18.5 Å². The van der Waals surface area contributed by atoms with E-state index in [1.54, 1.807) is 12.3 Å². The van der Waals surface area contributed by atoms with E-state index in [1.165, 1.54) is 0 Å². The number of nitrogens with zero attached hydrogens (tertiary/aromatic N) is 3. The Labute approximate surface area is 111 Å². The highest BCUT2D eigenvalue weighted by atomic mass is 16.5. The first-order valence-corrected chi connectivity index (χ1v) is 6.50. The van der Waals surface area contributed by atoms with Crippen molar-refractivity contribution in [1.82, 2.24) is 9.97 Å². The summed E-state index contributed by atoms with van der Waals surface area (Å²) in [5, 5.41) is 22.2. The van der Waals surface area contributed by atoms with Crippen molar-refractivity contribution in [3.05, 3.63) is 18.1 Å². The standard InChI is InChI=1S/C13H16N4O2/c14-8-12-15-4-1-11(17-12)16-9-7-10(18)13(9)2-5-19-6-3-13/h1,4,9-10,18H,2-3,5-7H2,(H,15,16,17)/t9-,10-/m1/s1. The van der Waals surface area contributed by atoms with E-state index in [9.17, 15) is 5.11 Å². The first kappa shape index (κ1) is 12.3. The molecule has 1 aliphatic carbocycles. The molecule has 2 heterocycles. The molecule has 6 nitrogen and oxygen atoms in total. The lowest BCUT2D eigenvalue weighted by Gasteiger charge is -2.55. The minimum absolute atomic E-state index is 0.101. The number of hydrogen-bond acceptors (Lipinski definition) is 6. The molecule has 100 valence electrons. The minimum atomic E-state index is -0.272. The van der Waals surface area contributed by atoms with Gasteiger partial charge in [-0.3, -0.25) is 0 Å². The van der Waals surface area contributed by atoms with E-state index >= 15 is 0 Å². The van der Waals surface area contributed by atoms with Gasteiger partial charge in [-0.1, -0.05) is 0 Å². The van der Waals surface area contributed by atoms with E-state index in [4.69, 9.17) is 10.00 Å². The molecule has 1 spiro atoms. The number of rotatable bonds is 2. The van der Waals surface area contributed by atoms with Gasteiger partial charge >= 0.3 is 0 Å². The molecule has 2 fully saturated rings. The van der Waals surface area contributed by atoms with E-state index in [0.29, 0.717) is 25.5 Å². The molecule has 0 aromatic carbocycles. The SMILES string of the molecule is N#Cc1nccc(N[C@@H]2C[C@@H](O)C23CCOCC3)n1. The highest BCUT2D eigenvalue weighted by molar-refractivity contribution is 5.38. The molecule has 2 atom stereocenters. The molecule has 0 radical (unpaired) electrons. The number of hydrogen-bond donors (Lipinski definition) is 2. The van der Waals surface area contributed by atoms with Crippen LogP contribution in [-0.2, 0) is 4.74 Å². The average Bonchev–Trinajstić information content (AvgIpc) is 2.48. The summed E-state index contributed by atoms with van der Waals surface area (Å²) in [6, 6.07) is 3.86. The molecule has 19 heavy (non-hydrogen) atoms. The smallest absolute Gasteiger partial charge is 0.234 e. The van der Waals surface area contributed by atoms with Gasteiger partial charge in [0.25, 0.3) is 0 Å². The van der Waals surface area contributed by atoms with Crippen LogP contribution in [0.2, 0.25) is 0 Å². The van der Waals surface area contributed by atoms with Crippen LogP contribution in [0.1, 0.15) is 25.1 Å². The molecule has 2 N–H and O–H groups in total. The van der Waals surface area contributed by atoms with Gasteiger partial charge in [0, 0.05) is 30.9 Å². The second-order valence-electron chi connectivity index (χ2n) is 5.17. The minimum Gasteiger partial charge on any atom is -0.392 e. The summed E-state index contributed by atoms with van der Waals surface area (Å²) in [7, 11) is 0. The summed E-state index contributed by atoms with van der Waals surface area (Å²) in [5.74, 6) is 0.806. The summed E-state index contributed by atoms with van der Waals surface area (Å²) >= 11 is 0. The van der Waals surface area contributed by atoms with Crippen molar-refractivity contribution in [2.24, 2.45) is 5.41 Å². The lowest BCUT2D eigenvalue weighted by atomic mass is 9.58. The van der Waals surface area contributed by atoms with Crippen LogP contribution in [0.25, 0.3) is 0 Å². The second kappa shape index (κ2) is 4.76. The van der Waals surface area contributed by atoms with Crippen LogP contribution < -0.4 is 5.32 Å². The fraction of sp³-hybridized carbons (Fsp3) is 0.615. The molecule has 2 aliphatic rings. The van der Waals surface area contributed by atoms with E-state index < -0.39 is 0 Å². The van der Waals surface area contributed by atoms with Gasteiger partial charge in [-0.15, -0.1) is 0 Å². The van der Waals surface area contributed by atoms with Gasteiger partial charge < -0.3 is 15.2 Å². The van der Waals surface area contributed by atoms with Crippen molar-refractivity contribution in [2.45, 2.75) is 31.4 Å². The molecule has 1 aromatic heterocycles. The number of aliphatic hydroxyl groups excluding tert-OH is 1. The predicted octanol–water partition coefficient (Wildman–Crippen LogP) is 0.690. The van der Waals surface area contributed by atoms with Gasteiger partial charge in [-0.2, -0.15) is 5.26 Å². The zero-order valence-electron chi connectivity index (χ0n) is 10.5. The summed E-state index contributed by atoms with van der Waals surface area (Å²) < 4.78 is 5.38. The first-order chi connectivity index (χ1) is 9.24. The summed E-state index contributed by atoms with van der Waals surface area (Å²) in [5.41, 5.74) is -0.101. The van der Waals surface area contributed by atoms with Crippen molar-refractivity contribution < 1.29 is 9.84 Å². The van der Waals surface area contributed by atoms with Crippen LogP contribution in [0.5, 0.6) is 0 Å². The average molecular weight is 260 g/mol. The molecule has 1 saturated carbocycles. The van der Waals surface area contributed by atoms with Crippen molar-refractivity contribution in [1.29, 1.82) is 5.26 Å². The highest BCUT2D eigenvalue weighted by Gasteiger charge is 2.54. The Morgan fingerprint density at radius 2 is 2.26 bits per heavy atom. The molecule has 1 saturated heterocycles. The summed E-state index contributed by atoms with van der Waals surface area (Å²) in [6.07, 6.45) is 3.74. The molecule has 1 aromatic rings. The maximum atomic E-state index is 10.1. The van der Waals surface area contributed by atoms with Crippen LogP contribution in [-0.4, -0.2) is 40.4 Å². The topological polar surface area (TPSA) is 91.1 Å². The number of aliphatic hydroxyl groups is 1. The fourth-order valence-electron chi connectivity index (χ4n) is 3.07. The van der Waals surface area contributed by atoms with E-state index in [-0.39, 0.29) is 23.4 Å². The molecule has 0 bridgehead atoms. The lowest BCUT2D eigenvalue weighted by Crippen LogP contribution is -2.62. The van der Waals surface area contributed by atoms with Gasteiger partial charge in [-0.05, 0) is 25.3 Å². The maximum Gasteiger partial charge on any atom is 0.234 e. The van der Waals surface area contributed by atoms with Crippen molar-refractivity contribution in [3.8, 4) is 6.07 Å². The molecule has 1 aliphatic heterocycles. The predicted molar refractivity (Wildman–Crippen MR) is 67.3 cm³/mol. The zero-order valence-corrected chi connectivity index (χ0v) is 10.5. The lowest BCUT2D eigenvalue weighted by molar-refractivity contribution is -0.133. The van der Waals surface area contributed by atoms with E-state index in [1.807, 2.05) is 6.07 Å². The molecule has 0 unspecified atom stereocenters. The van der Waals surface area contributed by atoms with Crippen LogP contribution in [0.15, 0.2) is 12.3 Å². The fourth-order valence-corrected chi connectivity index (χ4v) is 3.07. The van der Waals surface area contributed by atoms with Crippen LogP contribution in [0.4, 0.5) is 5.82 Å². The van der Waals surface area contributed by atoms with E-state index in [0.717, 1.165) is 12.8 Å². The third kappa shape index (κ3) is 2.05. The number of ether oxygens (including phenoxy) is 1. The van der Waals surface area contributed by atoms with Crippen molar-refractivity contribution >= 4 is 5.82 Å². The monoisotopic (exact) mass is 260 g/mol.